The van der Waals surface area contributed by atoms with Gasteiger partial charge in [-0.25, -0.2) is 4.79 Å². The quantitative estimate of drug-likeness (QED) is 0.763. The van der Waals surface area contributed by atoms with E-state index in [-0.39, 0.29) is 11.9 Å². The Kier molecular flexibility index (Phi) is 5.97. The van der Waals surface area contributed by atoms with Crippen molar-refractivity contribution in [1.29, 1.82) is 0 Å². The van der Waals surface area contributed by atoms with E-state index in [2.05, 4.69) is 22.0 Å². The van der Waals surface area contributed by atoms with Gasteiger partial charge in [0.1, 0.15) is 0 Å². The molecule has 0 aliphatic carbocycles. The van der Waals surface area contributed by atoms with E-state index in [9.17, 15) is 9.59 Å². The number of amides is 3. The molecule has 0 aliphatic heterocycles. The Bertz CT molecular complexity index is 626. The Balaban J connectivity index is 1.80. The minimum atomic E-state index is -0.292. The fourth-order valence-corrected chi connectivity index (χ4v) is 2.72. The Labute approximate surface area is 133 Å². The molecule has 22 heavy (non-hydrogen) atoms. The lowest BCUT2D eigenvalue weighted by Crippen LogP contribution is -2.24. The van der Waals surface area contributed by atoms with Gasteiger partial charge in [0.15, 0.2) is 0 Å². The molecule has 0 bridgehead atoms. The molecule has 0 spiro atoms. The third-order valence-corrected chi connectivity index (χ3v) is 3.97. The number of aryl methyl sites for hydroxylation is 1. The standard InChI is InChI=1S/C16H19N3O2S/c1-17-16(21)19-13-6-2-5-12(11-13)18-15(20)9-3-7-14-8-4-10-22-14/h2,4-6,8,10-11H,3,7,9H2,1H3,(H,18,20)(H2,17,19,21). The van der Waals surface area contributed by atoms with Crippen LogP contribution >= 0.6 is 11.3 Å². The first-order valence-electron chi connectivity index (χ1n) is 7.08. The zero-order valence-corrected chi connectivity index (χ0v) is 13.2. The van der Waals surface area contributed by atoms with E-state index in [4.69, 9.17) is 0 Å². The van der Waals surface area contributed by atoms with E-state index in [0.29, 0.717) is 17.8 Å². The van der Waals surface area contributed by atoms with Crippen molar-refractivity contribution >= 4 is 34.6 Å². The van der Waals surface area contributed by atoms with Crippen molar-refractivity contribution in [1.82, 2.24) is 5.32 Å². The molecular weight excluding hydrogens is 298 g/mol. The summed E-state index contributed by atoms with van der Waals surface area (Å²) in [6, 6.07) is 10.9. The van der Waals surface area contributed by atoms with Crippen molar-refractivity contribution in [3.8, 4) is 0 Å². The van der Waals surface area contributed by atoms with Gasteiger partial charge in [0.25, 0.3) is 0 Å². The molecule has 1 heterocycles. The monoisotopic (exact) mass is 317 g/mol. The topological polar surface area (TPSA) is 70.2 Å². The van der Waals surface area contributed by atoms with Crippen LogP contribution in [0.1, 0.15) is 17.7 Å². The van der Waals surface area contributed by atoms with Crippen LogP contribution in [-0.4, -0.2) is 19.0 Å². The summed E-state index contributed by atoms with van der Waals surface area (Å²) in [6.07, 6.45) is 2.22. The van der Waals surface area contributed by atoms with Crippen molar-refractivity contribution in [3.63, 3.8) is 0 Å². The summed E-state index contributed by atoms with van der Waals surface area (Å²) >= 11 is 1.71. The van der Waals surface area contributed by atoms with Crippen LogP contribution in [0.4, 0.5) is 16.2 Å². The first kappa shape index (κ1) is 16.0. The smallest absolute Gasteiger partial charge is 0.318 e. The maximum Gasteiger partial charge on any atom is 0.318 e. The van der Waals surface area contributed by atoms with Gasteiger partial charge in [0, 0.05) is 29.7 Å². The van der Waals surface area contributed by atoms with Gasteiger partial charge in [0.2, 0.25) is 5.91 Å². The van der Waals surface area contributed by atoms with Crippen molar-refractivity contribution < 1.29 is 9.59 Å². The lowest BCUT2D eigenvalue weighted by atomic mass is 10.2. The molecule has 0 saturated carbocycles. The van der Waals surface area contributed by atoms with Crippen LogP contribution in [0.2, 0.25) is 0 Å². The summed E-state index contributed by atoms with van der Waals surface area (Å²) in [5.41, 5.74) is 1.31. The predicted molar refractivity (Wildman–Crippen MR) is 90.4 cm³/mol. The molecule has 0 radical (unpaired) electrons. The highest BCUT2D eigenvalue weighted by molar-refractivity contribution is 7.09. The fraction of sp³-hybridized carbons (Fsp3) is 0.250. The number of hydrogen-bond donors (Lipinski definition) is 3. The molecule has 3 N–H and O–H groups in total. The summed E-state index contributed by atoms with van der Waals surface area (Å²) < 4.78 is 0. The summed E-state index contributed by atoms with van der Waals surface area (Å²) in [4.78, 5) is 24.5. The van der Waals surface area contributed by atoms with Gasteiger partial charge in [-0.2, -0.15) is 0 Å². The molecule has 0 fully saturated rings. The third-order valence-electron chi connectivity index (χ3n) is 3.04. The number of thiophene rings is 1. The van der Waals surface area contributed by atoms with Crippen LogP contribution in [0.25, 0.3) is 0 Å². The highest BCUT2D eigenvalue weighted by atomic mass is 32.1. The van der Waals surface area contributed by atoms with Crippen molar-refractivity contribution in [3.05, 3.63) is 46.7 Å². The van der Waals surface area contributed by atoms with E-state index >= 15 is 0 Å². The summed E-state index contributed by atoms with van der Waals surface area (Å²) in [5.74, 6) is -0.0198. The molecule has 1 aromatic heterocycles. The largest absolute Gasteiger partial charge is 0.341 e. The van der Waals surface area contributed by atoms with Gasteiger partial charge < -0.3 is 16.0 Å². The summed E-state index contributed by atoms with van der Waals surface area (Å²) in [5, 5.41) is 10.0. The van der Waals surface area contributed by atoms with Gasteiger partial charge in [-0.15, -0.1) is 11.3 Å². The van der Waals surface area contributed by atoms with Crippen LogP contribution in [0, 0.1) is 0 Å². The number of anilines is 2. The van der Waals surface area contributed by atoms with E-state index in [1.807, 2.05) is 11.4 Å². The normalized spacial score (nSPS) is 10.0. The zero-order valence-electron chi connectivity index (χ0n) is 12.4. The van der Waals surface area contributed by atoms with E-state index in [1.54, 1.807) is 42.6 Å². The average Bonchev–Trinajstić information content (AvgIpc) is 3.00. The predicted octanol–water partition coefficient (Wildman–Crippen LogP) is 3.46. The number of urea groups is 1. The minimum absolute atomic E-state index is 0.0198. The molecule has 2 aromatic rings. The summed E-state index contributed by atoms with van der Waals surface area (Å²) in [7, 11) is 1.55. The third kappa shape index (κ3) is 5.21. The lowest BCUT2D eigenvalue weighted by molar-refractivity contribution is -0.116. The molecule has 3 amide bonds. The van der Waals surface area contributed by atoms with Crippen LogP contribution in [0.15, 0.2) is 41.8 Å². The van der Waals surface area contributed by atoms with Crippen molar-refractivity contribution in [2.75, 3.05) is 17.7 Å². The molecule has 6 heteroatoms. The molecule has 2 rings (SSSR count). The molecule has 116 valence electrons. The maximum atomic E-state index is 11.9. The number of nitrogens with one attached hydrogen (secondary N) is 3. The molecular formula is C16H19N3O2S. The summed E-state index contributed by atoms with van der Waals surface area (Å²) in [6.45, 7) is 0. The number of rotatable bonds is 6. The van der Waals surface area contributed by atoms with E-state index in [1.165, 1.54) is 4.88 Å². The van der Waals surface area contributed by atoms with Crippen LogP contribution in [-0.2, 0) is 11.2 Å². The Morgan fingerprint density at radius 3 is 2.55 bits per heavy atom. The molecule has 5 nitrogen and oxygen atoms in total. The van der Waals surface area contributed by atoms with Crippen molar-refractivity contribution in [2.24, 2.45) is 0 Å². The van der Waals surface area contributed by atoms with Crippen molar-refractivity contribution in [2.45, 2.75) is 19.3 Å². The van der Waals surface area contributed by atoms with E-state index < -0.39 is 0 Å². The van der Waals surface area contributed by atoms with Crippen LogP contribution < -0.4 is 16.0 Å². The molecule has 0 aliphatic rings. The Morgan fingerprint density at radius 1 is 1.09 bits per heavy atom. The number of carbonyl (C=O) groups is 2. The minimum Gasteiger partial charge on any atom is -0.341 e. The Morgan fingerprint density at radius 2 is 1.86 bits per heavy atom. The fourth-order valence-electron chi connectivity index (χ4n) is 1.97. The second-order valence-corrected chi connectivity index (χ2v) is 5.80. The molecule has 1 aromatic carbocycles. The zero-order chi connectivity index (χ0) is 15.8. The number of hydrogen-bond acceptors (Lipinski definition) is 3. The lowest BCUT2D eigenvalue weighted by Gasteiger charge is -2.08. The second kappa shape index (κ2) is 8.19. The highest BCUT2D eigenvalue weighted by Crippen LogP contribution is 2.16. The van der Waals surface area contributed by atoms with Gasteiger partial charge >= 0.3 is 6.03 Å². The van der Waals surface area contributed by atoms with Gasteiger partial charge in [0.05, 0.1) is 0 Å². The number of carbonyl (C=O) groups excluding carboxylic acids is 2. The SMILES string of the molecule is CNC(=O)Nc1cccc(NC(=O)CCCc2cccs2)c1. The van der Waals surface area contributed by atoms with Gasteiger partial charge in [-0.3, -0.25) is 4.79 Å². The molecule has 0 unspecified atom stereocenters. The van der Waals surface area contributed by atoms with E-state index in [0.717, 1.165) is 12.8 Å². The van der Waals surface area contributed by atoms with Gasteiger partial charge in [-0.1, -0.05) is 12.1 Å². The van der Waals surface area contributed by atoms with Crippen LogP contribution in [0.5, 0.6) is 0 Å². The second-order valence-electron chi connectivity index (χ2n) is 4.77. The molecule has 0 saturated heterocycles. The first-order valence-corrected chi connectivity index (χ1v) is 7.96. The Hall–Kier alpha value is -2.34. The maximum absolute atomic E-state index is 11.9. The highest BCUT2D eigenvalue weighted by Gasteiger charge is 2.05. The van der Waals surface area contributed by atoms with Crippen LogP contribution in [0.3, 0.4) is 0 Å². The average molecular weight is 317 g/mol. The first-order chi connectivity index (χ1) is 10.7. The number of benzene rings is 1. The van der Waals surface area contributed by atoms with Gasteiger partial charge in [-0.05, 0) is 42.5 Å². The molecule has 0 atom stereocenters.